The average molecular weight is 193 g/mol. The molecule has 0 bridgehead atoms. The first-order valence-electron chi connectivity index (χ1n) is 3.67. The molecule has 4 nitrogen and oxygen atoms in total. The summed E-state index contributed by atoms with van der Waals surface area (Å²) in [6, 6.07) is 3.76. The number of nitrogens with zero attached hydrogens (tertiary/aromatic N) is 3. The Morgan fingerprint density at radius 1 is 1.46 bits per heavy atom. The number of ether oxygens (including phenoxy) is 1. The molecule has 0 saturated heterocycles. The van der Waals surface area contributed by atoms with E-state index >= 15 is 0 Å². The molecular weight excluding hydrogens is 186 g/mol. The minimum atomic E-state index is 0.583. The van der Waals surface area contributed by atoms with Crippen LogP contribution in [0.2, 0.25) is 0 Å². The van der Waals surface area contributed by atoms with Crippen molar-refractivity contribution in [3.63, 3.8) is 0 Å². The standard InChI is InChI=1S/C8H7N3OS/c1-12-7-6(3-2-4-9-7)8-11-10-5-13-8/h2-5H,1H3. The van der Waals surface area contributed by atoms with Crippen LogP contribution in [0.4, 0.5) is 0 Å². The Hall–Kier alpha value is -1.49. The van der Waals surface area contributed by atoms with Crippen molar-refractivity contribution in [2.75, 3.05) is 7.11 Å². The Labute approximate surface area is 79.2 Å². The zero-order valence-electron chi connectivity index (χ0n) is 6.97. The minimum Gasteiger partial charge on any atom is -0.480 e. The summed E-state index contributed by atoms with van der Waals surface area (Å²) in [7, 11) is 1.59. The molecule has 0 unspecified atom stereocenters. The highest BCUT2D eigenvalue weighted by Gasteiger charge is 2.08. The molecule has 0 radical (unpaired) electrons. The van der Waals surface area contributed by atoms with Crippen molar-refractivity contribution in [1.29, 1.82) is 0 Å². The molecule has 0 aromatic carbocycles. The van der Waals surface area contributed by atoms with Gasteiger partial charge >= 0.3 is 0 Å². The van der Waals surface area contributed by atoms with Crippen molar-refractivity contribution < 1.29 is 4.74 Å². The zero-order valence-corrected chi connectivity index (χ0v) is 7.78. The third-order valence-electron chi connectivity index (χ3n) is 1.55. The molecule has 66 valence electrons. The van der Waals surface area contributed by atoms with E-state index in [2.05, 4.69) is 15.2 Å². The van der Waals surface area contributed by atoms with Gasteiger partial charge in [-0.15, -0.1) is 10.2 Å². The second-order valence-corrected chi connectivity index (χ2v) is 3.14. The first kappa shape index (κ1) is 8.12. The molecule has 0 saturated carbocycles. The number of methoxy groups -OCH3 is 1. The van der Waals surface area contributed by atoms with Gasteiger partial charge in [-0.2, -0.15) is 0 Å². The Bertz CT molecular complexity index is 388. The van der Waals surface area contributed by atoms with Gasteiger partial charge < -0.3 is 4.74 Å². The van der Waals surface area contributed by atoms with E-state index in [4.69, 9.17) is 4.74 Å². The van der Waals surface area contributed by atoms with Gasteiger partial charge in [0.25, 0.3) is 0 Å². The Kier molecular flexibility index (Phi) is 2.18. The van der Waals surface area contributed by atoms with Crippen LogP contribution >= 0.6 is 11.3 Å². The van der Waals surface area contributed by atoms with Crippen molar-refractivity contribution in [3.05, 3.63) is 23.8 Å². The van der Waals surface area contributed by atoms with Gasteiger partial charge in [0, 0.05) is 6.20 Å². The maximum Gasteiger partial charge on any atom is 0.223 e. The van der Waals surface area contributed by atoms with Crippen LogP contribution in [-0.2, 0) is 0 Å². The molecule has 0 aliphatic carbocycles. The average Bonchev–Trinajstić information content (AvgIpc) is 2.70. The van der Waals surface area contributed by atoms with Crippen LogP contribution in [0.1, 0.15) is 0 Å². The minimum absolute atomic E-state index is 0.583. The van der Waals surface area contributed by atoms with E-state index in [9.17, 15) is 0 Å². The molecule has 0 atom stereocenters. The smallest absolute Gasteiger partial charge is 0.223 e. The van der Waals surface area contributed by atoms with Crippen LogP contribution in [0.15, 0.2) is 23.8 Å². The summed E-state index contributed by atoms with van der Waals surface area (Å²) in [4.78, 5) is 4.07. The van der Waals surface area contributed by atoms with Crippen molar-refractivity contribution >= 4 is 11.3 Å². The lowest BCUT2D eigenvalue weighted by Gasteiger charge is -2.01. The van der Waals surface area contributed by atoms with E-state index in [-0.39, 0.29) is 0 Å². The molecule has 2 heterocycles. The molecule has 13 heavy (non-hydrogen) atoms. The number of aromatic nitrogens is 3. The molecule has 0 aliphatic rings. The maximum absolute atomic E-state index is 5.10. The first-order valence-corrected chi connectivity index (χ1v) is 4.55. The molecule has 5 heteroatoms. The summed E-state index contributed by atoms with van der Waals surface area (Å²) < 4.78 is 5.10. The van der Waals surface area contributed by atoms with Gasteiger partial charge in [-0.1, -0.05) is 11.3 Å². The predicted octanol–water partition coefficient (Wildman–Crippen LogP) is 1.61. The third kappa shape index (κ3) is 1.50. The molecule has 2 aromatic rings. The molecule has 2 aromatic heterocycles. The lowest BCUT2D eigenvalue weighted by molar-refractivity contribution is 0.399. The topological polar surface area (TPSA) is 47.9 Å². The summed E-state index contributed by atoms with van der Waals surface area (Å²) in [5, 5.41) is 8.53. The van der Waals surface area contributed by atoms with Crippen LogP contribution in [-0.4, -0.2) is 22.3 Å². The van der Waals surface area contributed by atoms with Gasteiger partial charge in [-0.25, -0.2) is 4.98 Å². The molecule has 0 N–H and O–H groups in total. The monoisotopic (exact) mass is 193 g/mol. The van der Waals surface area contributed by atoms with Gasteiger partial charge in [0.15, 0.2) is 5.01 Å². The Balaban J connectivity index is 2.51. The number of hydrogen-bond donors (Lipinski definition) is 0. The summed E-state index contributed by atoms with van der Waals surface area (Å²) in [5.41, 5.74) is 2.56. The molecular formula is C8H7N3OS. The summed E-state index contributed by atoms with van der Waals surface area (Å²) in [6.45, 7) is 0. The highest BCUT2D eigenvalue weighted by Crippen LogP contribution is 2.27. The van der Waals surface area contributed by atoms with Gasteiger partial charge in [0.1, 0.15) is 5.51 Å². The maximum atomic E-state index is 5.10. The van der Waals surface area contributed by atoms with Crippen molar-refractivity contribution in [2.45, 2.75) is 0 Å². The van der Waals surface area contributed by atoms with Gasteiger partial charge in [0.2, 0.25) is 5.88 Å². The van der Waals surface area contributed by atoms with Crippen LogP contribution in [0.25, 0.3) is 10.6 Å². The molecule has 0 spiro atoms. The molecule has 2 rings (SSSR count). The van der Waals surface area contributed by atoms with Crippen LogP contribution < -0.4 is 4.74 Å². The Morgan fingerprint density at radius 2 is 2.38 bits per heavy atom. The lowest BCUT2D eigenvalue weighted by atomic mass is 10.3. The van der Waals surface area contributed by atoms with E-state index in [1.807, 2.05) is 12.1 Å². The zero-order chi connectivity index (χ0) is 9.10. The van der Waals surface area contributed by atoms with Crippen molar-refractivity contribution in [3.8, 4) is 16.5 Å². The SMILES string of the molecule is COc1ncccc1-c1nncs1. The van der Waals surface area contributed by atoms with Crippen LogP contribution in [0.5, 0.6) is 5.88 Å². The third-order valence-corrected chi connectivity index (χ3v) is 2.28. The largest absolute Gasteiger partial charge is 0.480 e. The Morgan fingerprint density at radius 3 is 3.08 bits per heavy atom. The fourth-order valence-electron chi connectivity index (χ4n) is 1.01. The second kappa shape index (κ2) is 3.49. The summed E-state index contributed by atoms with van der Waals surface area (Å²) >= 11 is 1.46. The van der Waals surface area contributed by atoms with E-state index in [1.165, 1.54) is 11.3 Å². The summed E-state index contributed by atoms with van der Waals surface area (Å²) in [5.74, 6) is 0.583. The van der Waals surface area contributed by atoms with Crippen LogP contribution in [0.3, 0.4) is 0 Å². The normalized spacial score (nSPS) is 9.92. The number of hydrogen-bond acceptors (Lipinski definition) is 5. The molecule has 0 fully saturated rings. The van der Waals surface area contributed by atoms with Gasteiger partial charge in [-0.05, 0) is 12.1 Å². The second-order valence-electron chi connectivity index (χ2n) is 2.30. The van der Waals surface area contributed by atoms with E-state index in [0.29, 0.717) is 5.88 Å². The quantitative estimate of drug-likeness (QED) is 0.727. The van der Waals surface area contributed by atoms with Gasteiger partial charge in [-0.3, -0.25) is 0 Å². The van der Waals surface area contributed by atoms with E-state index in [1.54, 1.807) is 18.8 Å². The fourth-order valence-corrected chi connectivity index (χ4v) is 1.58. The lowest BCUT2D eigenvalue weighted by Crippen LogP contribution is -1.90. The van der Waals surface area contributed by atoms with Crippen molar-refractivity contribution in [2.24, 2.45) is 0 Å². The molecule has 0 amide bonds. The summed E-state index contributed by atoms with van der Waals surface area (Å²) in [6.07, 6.45) is 1.68. The van der Waals surface area contributed by atoms with Crippen molar-refractivity contribution in [1.82, 2.24) is 15.2 Å². The highest BCUT2D eigenvalue weighted by atomic mass is 32.1. The van der Waals surface area contributed by atoms with E-state index in [0.717, 1.165) is 10.6 Å². The number of rotatable bonds is 2. The van der Waals surface area contributed by atoms with Crippen LogP contribution in [0, 0.1) is 0 Å². The first-order chi connectivity index (χ1) is 6.42. The molecule has 0 aliphatic heterocycles. The highest BCUT2D eigenvalue weighted by molar-refractivity contribution is 7.12. The van der Waals surface area contributed by atoms with Gasteiger partial charge in [0.05, 0.1) is 12.7 Å². The van der Waals surface area contributed by atoms with E-state index < -0.39 is 0 Å². The predicted molar refractivity (Wildman–Crippen MR) is 49.7 cm³/mol. The fraction of sp³-hybridized carbons (Fsp3) is 0.125. The number of pyridine rings is 1.